The summed E-state index contributed by atoms with van der Waals surface area (Å²) >= 11 is 0. The number of hydrogen-bond donors (Lipinski definition) is 1. The minimum Gasteiger partial charge on any atom is -0.313 e. The Morgan fingerprint density at radius 1 is 1.45 bits per heavy atom. The summed E-state index contributed by atoms with van der Waals surface area (Å²) in [6.07, 6.45) is 4.41. The first-order valence-electron chi connectivity index (χ1n) is 4.64. The van der Waals surface area contributed by atoms with Gasteiger partial charge in [0, 0.05) is 11.6 Å². The molecule has 0 aromatic carbocycles. The number of nitrogens with zero attached hydrogens (tertiary/aromatic N) is 1. The van der Waals surface area contributed by atoms with Gasteiger partial charge in [0.2, 0.25) is 0 Å². The monoisotopic (exact) mass is 157 g/mol. The van der Waals surface area contributed by atoms with Crippen LogP contribution in [0.3, 0.4) is 0 Å². The Morgan fingerprint density at radius 2 is 2.00 bits per heavy atom. The van der Waals surface area contributed by atoms with Gasteiger partial charge in [-0.2, -0.15) is 5.06 Å². The largest absolute Gasteiger partial charge is 0.313 e. The first-order valence-corrected chi connectivity index (χ1v) is 4.64. The molecule has 1 atom stereocenters. The van der Waals surface area contributed by atoms with Gasteiger partial charge < -0.3 is 5.21 Å². The molecule has 1 aliphatic rings. The molecule has 2 nitrogen and oxygen atoms in total. The minimum atomic E-state index is 0.0966. The average molecular weight is 157 g/mol. The summed E-state index contributed by atoms with van der Waals surface area (Å²) in [5, 5.41) is 11.3. The highest BCUT2D eigenvalue weighted by molar-refractivity contribution is 4.93. The van der Waals surface area contributed by atoms with Gasteiger partial charge in [-0.15, -0.1) is 0 Å². The summed E-state index contributed by atoms with van der Waals surface area (Å²) in [6.45, 7) is 6.41. The highest BCUT2D eigenvalue weighted by Crippen LogP contribution is 2.37. The van der Waals surface area contributed by atoms with Crippen molar-refractivity contribution in [1.82, 2.24) is 5.06 Å². The third-order valence-corrected chi connectivity index (χ3v) is 3.25. The molecule has 1 unspecified atom stereocenters. The van der Waals surface area contributed by atoms with Gasteiger partial charge in [0.25, 0.3) is 0 Å². The number of rotatable bonds is 2. The van der Waals surface area contributed by atoms with E-state index in [1.807, 2.05) is 0 Å². The maximum atomic E-state index is 9.74. The normalized spacial score (nSPS) is 31.1. The lowest BCUT2D eigenvalue weighted by molar-refractivity contribution is -0.174. The van der Waals surface area contributed by atoms with E-state index in [2.05, 4.69) is 20.8 Å². The second kappa shape index (κ2) is 3.11. The molecule has 2 heteroatoms. The third-order valence-electron chi connectivity index (χ3n) is 3.25. The molecule has 66 valence electrons. The zero-order valence-corrected chi connectivity index (χ0v) is 7.80. The molecule has 0 saturated carbocycles. The fourth-order valence-electron chi connectivity index (χ4n) is 2.11. The van der Waals surface area contributed by atoms with Crippen molar-refractivity contribution in [3.8, 4) is 0 Å². The summed E-state index contributed by atoms with van der Waals surface area (Å²) in [7, 11) is 0. The Morgan fingerprint density at radius 3 is 2.18 bits per heavy atom. The first kappa shape index (κ1) is 9.01. The Labute approximate surface area is 69.2 Å². The lowest BCUT2D eigenvalue weighted by Gasteiger charge is -2.34. The standard InChI is InChI=1S/C9H19NO/c1-4-9(5-2)7-6-8(3)10(9)11/h8,11H,4-7H2,1-3H3. The Kier molecular flexibility index (Phi) is 2.55. The Hall–Kier alpha value is -0.0800. The van der Waals surface area contributed by atoms with Crippen molar-refractivity contribution < 1.29 is 5.21 Å². The molecule has 0 aliphatic carbocycles. The molecule has 1 aliphatic heterocycles. The minimum absolute atomic E-state index is 0.0966. The van der Waals surface area contributed by atoms with Crippen molar-refractivity contribution in [3.05, 3.63) is 0 Å². The van der Waals surface area contributed by atoms with Gasteiger partial charge in [0.1, 0.15) is 0 Å². The van der Waals surface area contributed by atoms with E-state index >= 15 is 0 Å². The highest BCUT2D eigenvalue weighted by Gasteiger charge is 2.41. The molecule has 1 rings (SSSR count). The van der Waals surface area contributed by atoms with Crippen LogP contribution in [0.15, 0.2) is 0 Å². The molecule has 0 spiro atoms. The van der Waals surface area contributed by atoms with E-state index < -0.39 is 0 Å². The lowest BCUT2D eigenvalue weighted by atomic mass is 9.91. The van der Waals surface area contributed by atoms with Gasteiger partial charge in [-0.25, -0.2) is 0 Å². The van der Waals surface area contributed by atoms with E-state index in [0.29, 0.717) is 6.04 Å². The summed E-state index contributed by atoms with van der Waals surface area (Å²) in [5.74, 6) is 0. The van der Waals surface area contributed by atoms with Crippen molar-refractivity contribution in [2.24, 2.45) is 0 Å². The molecule has 11 heavy (non-hydrogen) atoms. The number of hydroxylamine groups is 2. The Balaban J connectivity index is 2.69. The topological polar surface area (TPSA) is 23.5 Å². The van der Waals surface area contributed by atoms with Crippen LogP contribution < -0.4 is 0 Å². The predicted octanol–water partition coefficient (Wildman–Crippen LogP) is 2.42. The van der Waals surface area contributed by atoms with Gasteiger partial charge >= 0.3 is 0 Å². The number of hydrogen-bond acceptors (Lipinski definition) is 2. The van der Waals surface area contributed by atoms with Crippen molar-refractivity contribution >= 4 is 0 Å². The molecule has 1 fully saturated rings. The third kappa shape index (κ3) is 1.30. The molecule has 0 radical (unpaired) electrons. The van der Waals surface area contributed by atoms with Gasteiger partial charge in [-0.3, -0.25) is 0 Å². The fourth-order valence-corrected chi connectivity index (χ4v) is 2.11. The van der Waals surface area contributed by atoms with Crippen LogP contribution in [0.1, 0.15) is 46.5 Å². The second-order valence-electron chi connectivity index (χ2n) is 3.66. The molecular weight excluding hydrogens is 138 g/mol. The summed E-state index contributed by atoms with van der Waals surface area (Å²) in [4.78, 5) is 0. The lowest BCUT2D eigenvalue weighted by Crippen LogP contribution is -2.43. The van der Waals surface area contributed by atoms with E-state index in [9.17, 15) is 5.21 Å². The van der Waals surface area contributed by atoms with E-state index in [4.69, 9.17) is 0 Å². The van der Waals surface area contributed by atoms with Crippen LogP contribution in [-0.4, -0.2) is 21.9 Å². The van der Waals surface area contributed by atoms with Crippen molar-refractivity contribution in [3.63, 3.8) is 0 Å². The van der Waals surface area contributed by atoms with Crippen molar-refractivity contribution in [1.29, 1.82) is 0 Å². The molecular formula is C9H19NO. The molecule has 1 N–H and O–H groups in total. The van der Waals surface area contributed by atoms with Crippen LogP contribution in [-0.2, 0) is 0 Å². The van der Waals surface area contributed by atoms with Crippen molar-refractivity contribution in [2.45, 2.75) is 58.0 Å². The van der Waals surface area contributed by atoms with Gasteiger partial charge in [0.05, 0.1) is 0 Å². The maximum absolute atomic E-state index is 9.74. The molecule has 1 heterocycles. The first-order chi connectivity index (χ1) is 5.16. The molecule has 1 saturated heterocycles. The maximum Gasteiger partial charge on any atom is 0.0458 e. The molecule has 0 aromatic rings. The average Bonchev–Trinajstić information content (AvgIpc) is 2.32. The van der Waals surface area contributed by atoms with E-state index in [1.165, 1.54) is 0 Å². The SMILES string of the molecule is CCC1(CC)CCC(C)N1O. The van der Waals surface area contributed by atoms with Crippen LogP contribution in [0.4, 0.5) is 0 Å². The second-order valence-corrected chi connectivity index (χ2v) is 3.66. The zero-order valence-electron chi connectivity index (χ0n) is 7.80. The van der Waals surface area contributed by atoms with Gasteiger partial charge in [-0.1, -0.05) is 13.8 Å². The zero-order chi connectivity index (χ0) is 8.48. The van der Waals surface area contributed by atoms with Crippen LogP contribution in [0.25, 0.3) is 0 Å². The van der Waals surface area contributed by atoms with Crippen LogP contribution in [0.2, 0.25) is 0 Å². The summed E-state index contributed by atoms with van der Waals surface area (Å²) < 4.78 is 0. The fraction of sp³-hybridized carbons (Fsp3) is 1.00. The quantitative estimate of drug-likeness (QED) is 0.665. The van der Waals surface area contributed by atoms with Crippen LogP contribution in [0, 0.1) is 0 Å². The smallest absolute Gasteiger partial charge is 0.0458 e. The highest BCUT2D eigenvalue weighted by atomic mass is 16.5. The summed E-state index contributed by atoms with van der Waals surface area (Å²) in [5.41, 5.74) is 0.0966. The predicted molar refractivity (Wildman–Crippen MR) is 45.6 cm³/mol. The molecule has 0 aromatic heterocycles. The molecule has 0 bridgehead atoms. The van der Waals surface area contributed by atoms with Gasteiger partial charge in [-0.05, 0) is 32.6 Å². The van der Waals surface area contributed by atoms with Crippen molar-refractivity contribution in [2.75, 3.05) is 0 Å². The van der Waals surface area contributed by atoms with E-state index in [1.54, 1.807) is 5.06 Å². The Bertz CT molecular complexity index is 132. The van der Waals surface area contributed by atoms with Crippen LogP contribution in [0.5, 0.6) is 0 Å². The molecule has 0 amide bonds. The van der Waals surface area contributed by atoms with E-state index in [0.717, 1.165) is 25.7 Å². The van der Waals surface area contributed by atoms with Gasteiger partial charge in [0.15, 0.2) is 0 Å². The summed E-state index contributed by atoms with van der Waals surface area (Å²) in [6, 6.07) is 0.356. The van der Waals surface area contributed by atoms with E-state index in [-0.39, 0.29) is 5.54 Å². The van der Waals surface area contributed by atoms with Crippen LogP contribution >= 0.6 is 0 Å².